The fourth-order valence-corrected chi connectivity index (χ4v) is 4.56. The first-order valence-electron chi connectivity index (χ1n) is 11.4. The molecule has 168 valence electrons. The van der Waals surface area contributed by atoms with Crippen molar-refractivity contribution in [2.75, 3.05) is 0 Å². The first-order valence-corrected chi connectivity index (χ1v) is 11.4. The van der Waals surface area contributed by atoms with Crippen LogP contribution in [-0.4, -0.2) is 11.6 Å². The third-order valence-electron chi connectivity index (χ3n) is 6.16. The van der Waals surface area contributed by atoms with Gasteiger partial charge in [-0.15, -0.1) is 0 Å². The van der Waals surface area contributed by atoms with E-state index in [0.29, 0.717) is 50.0 Å². The summed E-state index contributed by atoms with van der Waals surface area (Å²) in [6.45, 7) is 1.83. The summed E-state index contributed by atoms with van der Waals surface area (Å²) in [6.07, 6.45) is 0. The molecule has 0 aliphatic rings. The van der Waals surface area contributed by atoms with Gasteiger partial charge in [-0.05, 0) is 24.6 Å². The Hall–Kier alpha value is -4.70. The third kappa shape index (κ3) is 3.47. The number of hydrogen-bond donors (Lipinski definition) is 0. The molecule has 4 aromatic carbocycles. The highest BCUT2D eigenvalue weighted by Crippen LogP contribution is 2.42. The van der Waals surface area contributed by atoms with Gasteiger partial charge in [0.2, 0.25) is 5.78 Å². The van der Waals surface area contributed by atoms with Gasteiger partial charge in [-0.2, -0.15) is 0 Å². The van der Waals surface area contributed by atoms with Crippen molar-refractivity contribution < 1.29 is 18.4 Å². The van der Waals surface area contributed by atoms with Gasteiger partial charge in [0, 0.05) is 22.1 Å². The SMILES string of the molecule is Cc1cc2c(o1)c(C(=O)c1ccccc1)cc1c(-c3ccccc3)c(C(=O)c3ccccc3)oc12. The molecule has 0 fully saturated rings. The summed E-state index contributed by atoms with van der Waals surface area (Å²) >= 11 is 0. The second-order valence-electron chi connectivity index (χ2n) is 8.46. The molecule has 0 bridgehead atoms. The summed E-state index contributed by atoms with van der Waals surface area (Å²) in [6, 6.07) is 31.5. The van der Waals surface area contributed by atoms with Crippen LogP contribution in [-0.2, 0) is 0 Å². The van der Waals surface area contributed by atoms with E-state index in [9.17, 15) is 9.59 Å². The quantitative estimate of drug-likeness (QED) is 0.250. The molecular weight excluding hydrogens is 436 g/mol. The van der Waals surface area contributed by atoms with Gasteiger partial charge in [0.05, 0.1) is 10.9 Å². The second kappa shape index (κ2) is 8.26. The van der Waals surface area contributed by atoms with Crippen molar-refractivity contribution in [3.8, 4) is 11.1 Å². The number of carbonyl (C=O) groups excluding carboxylic acids is 2. The highest BCUT2D eigenvalue weighted by molar-refractivity contribution is 6.24. The fraction of sp³-hybridized carbons (Fsp3) is 0.0323. The predicted octanol–water partition coefficient (Wildman–Crippen LogP) is 7.62. The molecule has 0 saturated carbocycles. The Morgan fingerprint density at radius 1 is 0.600 bits per heavy atom. The van der Waals surface area contributed by atoms with E-state index < -0.39 is 0 Å². The van der Waals surface area contributed by atoms with E-state index in [-0.39, 0.29) is 17.3 Å². The fourth-order valence-electron chi connectivity index (χ4n) is 4.56. The van der Waals surface area contributed by atoms with Crippen molar-refractivity contribution >= 4 is 33.5 Å². The van der Waals surface area contributed by atoms with Gasteiger partial charge in [0.25, 0.3) is 0 Å². The largest absolute Gasteiger partial charge is 0.460 e. The summed E-state index contributed by atoms with van der Waals surface area (Å²) in [7, 11) is 0. The van der Waals surface area contributed by atoms with Crippen molar-refractivity contribution in [3.05, 3.63) is 131 Å². The average Bonchev–Trinajstić information content (AvgIpc) is 3.49. The maximum Gasteiger partial charge on any atom is 0.228 e. The molecule has 0 aliphatic carbocycles. The molecule has 4 heteroatoms. The first kappa shape index (κ1) is 20.9. The predicted molar refractivity (Wildman–Crippen MR) is 136 cm³/mol. The van der Waals surface area contributed by atoms with Crippen molar-refractivity contribution in [3.63, 3.8) is 0 Å². The molecule has 0 N–H and O–H groups in total. The second-order valence-corrected chi connectivity index (χ2v) is 8.46. The molecule has 35 heavy (non-hydrogen) atoms. The number of hydrogen-bond acceptors (Lipinski definition) is 4. The Morgan fingerprint density at radius 3 is 1.80 bits per heavy atom. The highest BCUT2D eigenvalue weighted by Gasteiger charge is 2.27. The number of fused-ring (bicyclic) bond motifs is 3. The monoisotopic (exact) mass is 456 g/mol. The lowest BCUT2D eigenvalue weighted by Gasteiger charge is -2.05. The molecule has 6 aromatic rings. The van der Waals surface area contributed by atoms with Gasteiger partial charge in [0.15, 0.2) is 11.5 Å². The smallest absolute Gasteiger partial charge is 0.228 e. The van der Waals surface area contributed by atoms with Crippen LogP contribution in [0.1, 0.15) is 37.8 Å². The molecule has 0 spiro atoms. The van der Waals surface area contributed by atoms with Crippen LogP contribution in [0.25, 0.3) is 33.1 Å². The van der Waals surface area contributed by atoms with Gasteiger partial charge in [0.1, 0.15) is 16.9 Å². The molecule has 0 aliphatic heterocycles. The Kier molecular flexibility index (Phi) is 4.93. The number of benzene rings is 4. The molecule has 2 aromatic heterocycles. The zero-order valence-corrected chi connectivity index (χ0v) is 18.9. The summed E-state index contributed by atoms with van der Waals surface area (Å²) in [5, 5.41) is 1.37. The van der Waals surface area contributed by atoms with Crippen LogP contribution >= 0.6 is 0 Å². The summed E-state index contributed by atoms with van der Waals surface area (Å²) < 4.78 is 12.3. The molecular formula is C31H20O4. The standard InChI is InChI=1S/C31H20O4/c1-19-17-25-29-23(18-24(30(25)34-19)27(32)21-13-7-3-8-14-21)26(20-11-5-2-6-12-20)31(35-29)28(33)22-15-9-4-10-16-22/h2-18H,1H3. The summed E-state index contributed by atoms with van der Waals surface area (Å²) in [5.41, 5.74) is 4.01. The Balaban J connectivity index is 1.70. The highest BCUT2D eigenvalue weighted by atomic mass is 16.4. The summed E-state index contributed by atoms with van der Waals surface area (Å²) in [4.78, 5) is 27.2. The number of carbonyl (C=O) groups is 2. The average molecular weight is 456 g/mol. The molecule has 0 atom stereocenters. The Bertz CT molecular complexity index is 1710. The van der Waals surface area contributed by atoms with E-state index in [2.05, 4.69) is 0 Å². The molecule has 0 saturated heterocycles. The van der Waals surface area contributed by atoms with Gasteiger partial charge in [-0.25, -0.2) is 0 Å². The van der Waals surface area contributed by atoms with E-state index in [1.54, 1.807) is 30.3 Å². The zero-order valence-electron chi connectivity index (χ0n) is 18.9. The van der Waals surface area contributed by atoms with Crippen LogP contribution in [0, 0.1) is 6.92 Å². The van der Waals surface area contributed by atoms with Gasteiger partial charge in [-0.1, -0.05) is 91.0 Å². The lowest BCUT2D eigenvalue weighted by molar-refractivity contribution is 0.101. The van der Waals surface area contributed by atoms with Crippen LogP contribution in [0.3, 0.4) is 0 Å². The molecule has 4 nitrogen and oxygen atoms in total. The number of aryl methyl sites for hydroxylation is 1. The van der Waals surface area contributed by atoms with Crippen LogP contribution in [0.4, 0.5) is 0 Å². The van der Waals surface area contributed by atoms with Gasteiger partial charge in [-0.3, -0.25) is 9.59 Å². The number of furan rings is 2. The minimum Gasteiger partial charge on any atom is -0.460 e. The zero-order chi connectivity index (χ0) is 23.9. The summed E-state index contributed by atoms with van der Waals surface area (Å²) in [5.74, 6) is 0.526. The van der Waals surface area contributed by atoms with Crippen molar-refractivity contribution in [2.24, 2.45) is 0 Å². The maximum atomic E-state index is 13.6. The Labute approximate surface area is 201 Å². The molecule has 0 unspecified atom stereocenters. The lowest BCUT2D eigenvalue weighted by atomic mass is 9.94. The third-order valence-corrected chi connectivity index (χ3v) is 6.16. The van der Waals surface area contributed by atoms with Crippen LogP contribution < -0.4 is 0 Å². The molecule has 0 amide bonds. The van der Waals surface area contributed by atoms with Crippen molar-refractivity contribution in [1.29, 1.82) is 0 Å². The van der Waals surface area contributed by atoms with Crippen LogP contribution in [0.15, 0.2) is 112 Å². The van der Waals surface area contributed by atoms with Crippen LogP contribution in [0.2, 0.25) is 0 Å². The van der Waals surface area contributed by atoms with E-state index in [1.165, 1.54) is 0 Å². The minimum atomic E-state index is -0.218. The molecule has 2 heterocycles. The number of rotatable bonds is 5. The van der Waals surface area contributed by atoms with Gasteiger partial charge < -0.3 is 8.83 Å². The Morgan fingerprint density at radius 2 is 1.17 bits per heavy atom. The van der Waals surface area contributed by atoms with Gasteiger partial charge >= 0.3 is 0 Å². The molecule has 6 rings (SSSR count). The lowest BCUT2D eigenvalue weighted by Crippen LogP contribution is -2.02. The maximum absolute atomic E-state index is 13.6. The normalized spacial score (nSPS) is 11.2. The van der Waals surface area contributed by atoms with E-state index in [0.717, 1.165) is 5.56 Å². The first-order chi connectivity index (χ1) is 17.1. The number of ketones is 2. The minimum absolute atomic E-state index is 0.150. The van der Waals surface area contributed by atoms with Crippen LogP contribution in [0.5, 0.6) is 0 Å². The van der Waals surface area contributed by atoms with Crippen molar-refractivity contribution in [1.82, 2.24) is 0 Å². The van der Waals surface area contributed by atoms with Crippen molar-refractivity contribution in [2.45, 2.75) is 6.92 Å². The van der Waals surface area contributed by atoms with E-state index in [1.807, 2.05) is 79.7 Å². The topological polar surface area (TPSA) is 60.4 Å². The molecule has 0 radical (unpaired) electrons. The van der Waals surface area contributed by atoms with E-state index in [4.69, 9.17) is 8.83 Å². The van der Waals surface area contributed by atoms with E-state index >= 15 is 0 Å².